The topological polar surface area (TPSA) is 65.0 Å². The third-order valence-electron chi connectivity index (χ3n) is 3.66. The lowest BCUT2D eigenvalue weighted by atomic mass is 10.2. The van der Waals surface area contributed by atoms with Gasteiger partial charge >= 0.3 is 0 Å². The summed E-state index contributed by atoms with van der Waals surface area (Å²) in [6.07, 6.45) is 8.54. The van der Waals surface area contributed by atoms with E-state index in [1.807, 2.05) is 20.0 Å². The average Bonchev–Trinajstić information content (AvgIpc) is 2.49. The fourth-order valence-electron chi connectivity index (χ4n) is 2.32. The summed E-state index contributed by atoms with van der Waals surface area (Å²) in [5.74, 6) is 0.858. The van der Waals surface area contributed by atoms with Gasteiger partial charge in [0.1, 0.15) is 0 Å². The summed E-state index contributed by atoms with van der Waals surface area (Å²) in [7, 11) is 0.695. The molecule has 0 atom stereocenters. The first-order valence-corrected chi connectivity index (χ1v) is 10.2. The number of nitrogens with one attached hydrogen (secondary N) is 1. The van der Waals surface area contributed by atoms with Gasteiger partial charge in [-0.1, -0.05) is 19.4 Å². The number of guanidine groups is 1. The zero-order valence-electron chi connectivity index (χ0n) is 15.2. The molecule has 7 heteroatoms. The molecule has 0 unspecified atom stereocenters. The van der Waals surface area contributed by atoms with E-state index >= 15 is 0 Å². The van der Waals surface area contributed by atoms with Crippen LogP contribution in [0, 0.1) is 0 Å². The van der Waals surface area contributed by atoms with E-state index < -0.39 is 10.0 Å². The highest BCUT2D eigenvalue weighted by atomic mass is 32.2. The van der Waals surface area contributed by atoms with Crippen molar-refractivity contribution in [1.29, 1.82) is 0 Å². The largest absolute Gasteiger partial charge is 0.356 e. The van der Waals surface area contributed by atoms with Crippen LogP contribution in [0.2, 0.25) is 0 Å². The van der Waals surface area contributed by atoms with E-state index in [4.69, 9.17) is 0 Å². The molecule has 0 aliphatic rings. The lowest BCUT2D eigenvalue weighted by Crippen LogP contribution is -2.41. The van der Waals surface area contributed by atoms with E-state index in [0.29, 0.717) is 19.6 Å². The smallest absolute Gasteiger partial charge is 0.211 e. The predicted molar refractivity (Wildman–Crippen MR) is 99.4 cm³/mol. The fourth-order valence-corrected chi connectivity index (χ4v) is 3.25. The van der Waals surface area contributed by atoms with Crippen molar-refractivity contribution in [2.75, 3.05) is 46.5 Å². The van der Waals surface area contributed by atoms with Crippen LogP contribution >= 0.6 is 0 Å². The van der Waals surface area contributed by atoms with Gasteiger partial charge in [-0.3, -0.25) is 4.99 Å². The average molecular weight is 347 g/mol. The van der Waals surface area contributed by atoms with E-state index in [-0.39, 0.29) is 0 Å². The van der Waals surface area contributed by atoms with Crippen molar-refractivity contribution in [2.45, 2.75) is 39.0 Å². The highest BCUT2D eigenvalue weighted by Crippen LogP contribution is 2.02. The minimum atomic E-state index is -3.10. The standard InChI is InChI=1S/C16H34N4O2S/c1-6-8-9-10-11-14-19(4)16(17-3)18-13-12-15-20(7-2)23(5,21)22/h6H,1,7-15H2,2-5H3,(H,17,18). The Kier molecular flexibility index (Phi) is 11.8. The Balaban J connectivity index is 4.03. The number of nitrogens with zero attached hydrogens (tertiary/aromatic N) is 3. The highest BCUT2D eigenvalue weighted by molar-refractivity contribution is 7.88. The molecule has 0 heterocycles. The van der Waals surface area contributed by atoms with Crippen LogP contribution in [0.1, 0.15) is 39.0 Å². The first-order chi connectivity index (χ1) is 10.9. The van der Waals surface area contributed by atoms with Crippen molar-refractivity contribution in [2.24, 2.45) is 4.99 Å². The fraction of sp³-hybridized carbons (Fsp3) is 0.812. The molecule has 0 aliphatic heterocycles. The Morgan fingerprint density at radius 3 is 2.43 bits per heavy atom. The van der Waals surface area contributed by atoms with Gasteiger partial charge in [0, 0.05) is 40.3 Å². The maximum atomic E-state index is 11.5. The maximum absolute atomic E-state index is 11.5. The number of hydrogen-bond acceptors (Lipinski definition) is 3. The monoisotopic (exact) mass is 346 g/mol. The molecule has 0 radical (unpaired) electrons. The molecule has 136 valence electrons. The van der Waals surface area contributed by atoms with E-state index in [2.05, 4.69) is 21.8 Å². The van der Waals surface area contributed by atoms with Gasteiger partial charge in [-0.2, -0.15) is 0 Å². The Morgan fingerprint density at radius 2 is 1.91 bits per heavy atom. The molecular weight excluding hydrogens is 312 g/mol. The van der Waals surface area contributed by atoms with Crippen LogP contribution in [-0.4, -0.2) is 70.1 Å². The van der Waals surface area contributed by atoms with Gasteiger partial charge in [0.2, 0.25) is 10.0 Å². The number of allylic oxidation sites excluding steroid dienone is 1. The molecule has 0 aliphatic carbocycles. The van der Waals surface area contributed by atoms with Gasteiger partial charge in [0.05, 0.1) is 6.26 Å². The quantitative estimate of drug-likeness (QED) is 0.254. The summed E-state index contributed by atoms with van der Waals surface area (Å²) in [6, 6.07) is 0. The third-order valence-corrected chi connectivity index (χ3v) is 5.04. The van der Waals surface area contributed by atoms with Crippen molar-refractivity contribution >= 4 is 16.0 Å². The first kappa shape index (κ1) is 21.9. The van der Waals surface area contributed by atoms with Crippen molar-refractivity contribution in [3.8, 4) is 0 Å². The zero-order valence-corrected chi connectivity index (χ0v) is 16.0. The van der Waals surface area contributed by atoms with Crippen molar-refractivity contribution < 1.29 is 8.42 Å². The Labute approximate surface area is 142 Å². The lowest BCUT2D eigenvalue weighted by Gasteiger charge is -2.23. The Bertz CT molecular complexity index is 449. The molecule has 0 aromatic rings. The molecule has 0 fully saturated rings. The van der Waals surface area contributed by atoms with E-state index in [1.165, 1.54) is 23.4 Å². The lowest BCUT2D eigenvalue weighted by molar-refractivity contribution is 0.418. The normalized spacial score (nSPS) is 12.5. The number of sulfonamides is 1. The molecule has 23 heavy (non-hydrogen) atoms. The first-order valence-electron chi connectivity index (χ1n) is 8.34. The van der Waals surface area contributed by atoms with Crippen LogP contribution in [0.5, 0.6) is 0 Å². The summed E-state index contributed by atoms with van der Waals surface area (Å²) in [5, 5.41) is 3.29. The molecule has 0 spiro atoms. The summed E-state index contributed by atoms with van der Waals surface area (Å²) in [4.78, 5) is 6.39. The second kappa shape index (κ2) is 12.4. The predicted octanol–water partition coefficient (Wildman–Crippen LogP) is 1.91. The van der Waals surface area contributed by atoms with Crippen LogP contribution in [0.3, 0.4) is 0 Å². The number of hydrogen-bond donors (Lipinski definition) is 1. The summed E-state index contributed by atoms with van der Waals surface area (Å²) >= 11 is 0. The van der Waals surface area contributed by atoms with Gasteiger partial charge in [-0.15, -0.1) is 6.58 Å². The molecule has 0 saturated heterocycles. The van der Waals surface area contributed by atoms with Crippen molar-refractivity contribution in [1.82, 2.24) is 14.5 Å². The molecular formula is C16H34N4O2S. The van der Waals surface area contributed by atoms with Gasteiger partial charge in [0.15, 0.2) is 5.96 Å². The minimum Gasteiger partial charge on any atom is -0.356 e. The summed E-state index contributed by atoms with van der Waals surface area (Å²) < 4.78 is 24.5. The van der Waals surface area contributed by atoms with Crippen LogP contribution in [0.25, 0.3) is 0 Å². The number of rotatable bonds is 12. The number of aliphatic imine (C=N–C) groups is 1. The molecule has 0 rings (SSSR count). The Hall–Kier alpha value is -1.08. The van der Waals surface area contributed by atoms with E-state index in [0.717, 1.165) is 31.8 Å². The third kappa shape index (κ3) is 10.3. The molecule has 0 amide bonds. The van der Waals surface area contributed by atoms with E-state index in [9.17, 15) is 8.42 Å². The van der Waals surface area contributed by atoms with Crippen LogP contribution in [-0.2, 0) is 10.0 Å². The van der Waals surface area contributed by atoms with Crippen LogP contribution < -0.4 is 5.32 Å². The minimum absolute atomic E-state index is 0.512. The van der Waals surface area contributed by atoms with Crippen molar-refractivity contribution in [3.05, 3.63) is 12.7 Å². The molecule has 0 saturated carbocycles. The summed E-state index contributed by atoms with van der Waals surface area (Å²) in [5.41, 5.74) is 0. The molecule has 0 aromatic heterocycles. The zero-order chi connectivity index (χ0) is 17.7. The molecule has 6 nitrogen and oxygen atoms in total. The van der Waals surface area contributed by atoms with E-state index in [1.54, 1.807) is 7.05 Å². The maximum Gasteiger partial charge on any atom is 0.211 e. The highest BCUT2D eigenvalue weighted by Gasteiger charge is 2.13. The second-order valence-corrected chi connectivity index (χ2v) is 7.62. The molecule has 0 bridgehead atoms. The second-order valence-electron chi connectivity index (χ2n) is 5.64. The molecule has 0 aromatic carbocycles. The van der Waals surface area contributed by atoms with Gasteiger partial charge in [-0.25, -0.2) is 12.7 Å². The SMILES string of the molecule is C=CCCCCCN(C)C(=NC)NCCCN(CC)S(C)(=O)=O. The van der Waals surface area contributed by atoms with Gasteiger partial charge in [0.25, 0.3) is 0 Å². The number of unbranched alkanes of at least 4 members (excludes halogenated alkanes) is 3. The van der Waals surface area contributed by atoms with Gasteiger partial charge < -0.3 is 10.2 Å². The Morgan fingerprint density at radius 1 is 1.22 bits per heavy atom. The van der Waals surface area contributed by atoms with Crippen LogP contribution in [0.15, 0.2) is 17.6 Å². The summed E-state index contributed by atoms with van der Waals surface area (Å²) in [6.45, 7) is 8.30. The molecule has 1 N–H and O–H groups in total. The van der Waals surface area contributed by atoms with Crippen LogP contribution in [0.4, 0.5) is 0 Å². The van der Waals surface area contributed by atoms with Crippen molar-refractivity contribution in [3.63, 3.8) is 0 Å². The van der Waals surface area contributed by atoms with Gasteiger partial charge in [-0.05, 0) is 25.7 Å².